The van der Waals surface area contributed by atoms with Crippen molar-refractivity contribution in [2.24, 2.45) is 11.7 Å². The van der Waals surface area contributed by atoms with Gasteiger partial charge in [-0.2, -0.15) is 0 Å². The maximum atomic E-state index is 11.7. The van der Waals surface area contributed by atoms with Gasteiger partial charge in [-0.1, -0.05) is 13.3 Å². The summed E-state index contributed by atoms with van der Waals surface area (Å²) in [7, 11) is 0. The number of carbonyl (C=O) groups is 2. The zero-order chi connectivity index (χ0) is 12.7. The third kappa shape index (κ3) is 5.68. The van der Waals surface area contributed by atoms with E-state index < -0.39 is 0 Å². The Morgan fingerprint density at radius 1 is 1.41 bits per heavy atom. The maximum Gasteiger partial charge on any atom is 0.224 e. The van der Waals surface area contributed by atoms with Crippen molar-refractivity contribution in [2.45, 2.75) is 45.1 Å². The van der Waals surface area contributed by atoms with E-state index in [2.05, 4.69) is 10.6 Å². The van der Waals surface area contributed by atoms with E-state index in [1.54, 1.807) is 0 Å². The SMILES string of the molecule is CCCC(CN)C(=O)NCCC(=O)NC1CC1. The fourth-order valence-corrected chi connectivity index (χ4v) is 1.68. The Bertz CT molecular complexity index is 264. The van der Waals surface area contributed by atoms with Crippen LogP contribution in [0.5, 0.6) is 0 Å². The lowest BCUT2D eigenvalue weighted by Crippen LogP contribution is -2.37. The van der Waals surface area contributed by atoms with Gasteiger partial charge in [0.2, 0.25) is 11.8 Å². The van der Waals surface area contributed by atoms with Crippen LogP contribution in [0.4, 0.5) is 0 Å². The number of rotatable bonds is 8. The molecule has 1 unspecified atom stereocenters. The van der Waals surface area contributed by atoms with Crippen molar-refractivity contribution >= 4 is 11.8 Å². The molecule has 0 radical (unpaired) electrons. The molecule has 1 aliphatic carbocycles. The van der Waals surface area contributed by atoms with E-state index in [-0.39, 0.29) is 17.7 Å². The van der Waals surface area contributed by atoms with E-state index in [4.69, 9.17) is 5.73 Å². The topological polar surface area (TPSA) is 84.2 Å². The highest BCUT2D eigenvalue weighted by atomic mass is 16.2. The van der Waals surface area contributed by atoms with Gasteiger partial charge in [-0.05, 0) is 19.3 Å². The average molecular weight is 241 g/mol. The van der Waals surface area contributed by atoms with Crippen LogP contribution in [-0.4, -0.2) is 30.9 Å². The van der Waals surface area contributed by atoms with E-state index in [0.29, 0.717) is 25.6 Å². The second-order valence-corrected chi connectivity index (χ2v) is 4.60. The zero-order valence-corrected chi connectivity index (χ0v) is 10.5. The molecule has 0 aromatic rings. The highest BCUT2D eigenvalue weighted by molar-refractivity contribution is 5.80. The molecule has 0 spiro atoms. The number of carbonyl (C=O) groups excluding carboxylic acids is 2. The molecule has 2 amide bonds. The van der Waals surface area contributed by atoms with Gasteiger partial charge in [0.25, 0.3) is 0 Å². The molecule has 98 valence electrons. The smallest absolute Gasteiger partial charge is 0.224 e. The summed E-state index contributed by atoms with van der Waals surface area (Å²) in [4.78, 5) is 23.0. The van der Waals surface area contributed by atoms with Crippen molar-refractivity contribution in [2.75, 3.05) is 13.1 Å². The highest BCUT2D eigenvalue weighted by Crippen LogP contribution is 2.18. The molecule has 1 aliphatic rings. The second kappa shape index (κ2) is 7.27. The Hall–Kier alpha value is -1.10. The minimum Gasteiger partial charge on any atom is -0.355 e. The molecule has 17 heavy (non-hydrogen) atoms. The van der Waals surface area contributed by atoms with Gasteiger partial charge in [0.05, 0.1) is 5.92 Å². The number of hydrogen-bond donors (Lipinski definition) is 3. The molecular weight excluding hydrogens is 218 g/mol. The van der Waals surface area contributed by atoms with Crippen LogP contribution < -0.4 is 16.4 Å². The van der Waals surface area contributed by atoms with E-state index in [0.717, 1.165) is 25.7 Å². The minimum atomic E-state index is -0.119. The molecular formula is C12H23N3O2. The molecule has 5 heteroatoms. The first-order valence-corrected chi connectivity index (χ1v) is 6.44. The summed E-state index contributed by atoms with van der Waals surface area (Å²) in [6, 6.07) is 0.384. The predicted octanol–water partition coefficient (Wildman–Crippen LogP) is 0.146. The quantitative estimate of drug-likeness (QED) is 0.565. The normalized spacial score (nSPS) is 16.4. The molecule has 1 saturated carbocycles. The standard InChI is InChI=1S/C12H23N3O2/c1-2-3-9(8-13)12(17)14-7-6-11(16)15-10-4-5-10/h9-10H,2-8,13H2,1H3,(H,14,17)(H,15,16). The Labute approximate surface area is 103 Å². The first kappa shape index (κ1) is 14.0. The Kier molecular flexibility index (Phi) is 5.97. The van der Waals surface area contributed by atoms with Gasteiger partial charge in [0, 0.05) is 25.6 Å². The molecule has 0 heterocycles. The van der Waals surface area contributed by atoms with E-state index in [1.165, 1.54) is 0 Å². The van der Waals surface area contributed by atoms with Crippen LogP contribution in [0, 0.1) is 5.92 Å². The fourth-order valence-electron chi connectivity index (χ4n) is 1.68. The van der Waals surface area contributed by atoms with Crippen LogP contribution >= 0.6 is 0 Å². The molecule has 0 aromatic carbocycles. The second-order valence-electron chi connectivity index (χ2n) is 4.60. The Morgan fingerprint density at radius 3 is 2.65 bits per heavy atom. The van der Waals surface area contributed by atoms with Crippen molar-refractivity contribution in [1.29, 1.82) is 0 Å². The highest BCUT2D eigenvalue weighted by Gasteiger charge is 2.23. The molecule has 0 aromatic heterocycles. The van der Waals surface area contributed by atoms with Crippen molar-refractivity contribution in [3.05, 3.63) is 0 Å². The Balaban J connectivity index is 2.10. The molecule has 0 bridgehead atoms. The largest absolute Gasteiger partial charge is 0.355 e. The van der Waals surface area contributed by atoms with Crippen LogP contribution in [0.15, 0.2) is 0 Å². The van der Waals surface area contributed by atoms with Crippen molar-refractivity contribution in [3.8, 4) is 0 Å². The molecule has 0 saturated heterocycles. The van der Waals surface area contributed by atoms with Crippen LogP contribution in [0.2, 0.25) is 0 Å². The van der Waals surface area contributed by atoms with Gasteiger partial charge in [0.15, 0.2) is 0 Å². The molecule has 1 atom stereocenters. The summed E-state index contributed by atoms with van der Waals surface area (Å²) in [6.45, 7) is 2.80. The maximum absolute atomic E-state index is 11.7. The number of nitrogens with two attached hydrogens (primary N) is 1. The summed E-state index contributed by atoms with van der Waals surface area (Å²) >= 11 is 0. The van der Waals surface area contributed by atoms with Crippen LogP contribution in [0.1, 0.15) is 39.0 Å². The number of hydrogen-bond acceptors (Lipinski definition) is 3. The summed E-state index contributed by atoms with van der Waals surface area (Å²) < 4.78 is 0. The van der Waals surface area contributed by atoms with Crippen LogP contribution in [0.25, 0.3) is 0 Å². The van der Waals surface area contributed by atoms with E-state index >= 15 is 0 Å². The summed E-state index contributed by atoms with van der Waals surface area (Å²) in [5.74, 6) is -0.132. The molecule has 5 nitrogen and oxygen atoms in total. The van der Waals surface area contributed by atoms with Gasteiger partial charge < -0.3 is 16.4 Å². The lowest BCUT2D eigenvalue weighted by molar-refractivity contribution is -0.125. The first-order chi connectivity index (χ1) is 8.17. The van der Waals surface area contributed by atoms with Crippen LogP contribution in [0.3, 0.4) is 0 Å². The van der Waals surface area contributed by atoms with Gasteiger partial charge in [-0.25, -0.2) is 0 Å². The van der Waals surface area contributed by atoms with Crippen LogP contribution in [-0.2, 0) is 9.59 Å². The predicted molar refractivity (Wildman–Crippen MR) is 66.2 cm³/mol. The third-order valence-corrected chi connectivity index (χ3v) is 2.89. The van der Waals surface area contributed by atoms with Crippen molar-refractivity contribution < 1.29 is 9.59 Å². The van der Waals surface area contributed by atoms with Gasteiger partial charge in [0.1, 0.15) is 0 Å². The van der Waals surface area contributed by atoms with Crippen molar-refractivity contribution in [3.63, 3.8) is 0 Å². The number of nitrogens with one attached hydrogen (secondary N) is 2. The van der Waals surface area contributed by atoms with E-state index in [1.807, 2.05) is 6.92 Å². The lowest BCUT2D eigenvalue weighted by Gasteiger charge is -2.13. The molecule has 4 N–H and O–H groups in total. The minimum absolute atomic E-state index is 0.0209. The number of amides is 2. The van der Waals surface area contributed by atoms with E-state index in [9.17, 15) is 9.59 Å². The van der Waals surface area contributed by atoms with Crippen molar-refractivity contribution in [1.82, 2.24) is 10.6 Å². The van der Waals surface area contributed by atoms with Gasteiger partial charge >= 0.3 is 0 Å². The first-order valence-electron chi connectivity index (χ1n) is 6.44. The lowest BCUT2D eigenvalue weighted by atomic mass is 10.0. The summed E-state index contributed by atoms with van der Waals surface area (Å²) in [5, 5.41) is 5.64. The molecule has 1 rings (SSSR count). The average Bonchev–Trinajstić information content (AvgIpc) is 3.09. The molecule has 0 aliphatic heterocycles. The summed E-state index contributed by atoms with van der Waals surface area (Å²) in [5.41, 5.74) is 5.53. The van der Waals surface area contributed by atoms with Gasteiger partial charge in [-0.15, -0.1) is 0 Å². The zero-order valence-electron chi connectivity index (χ0n) is 10.5. The third-order valence-electron chi connectivity index (χ3n) is 2.89. The van der Waals surface area contributed by atoms with Gasteiger partial charge in [-0.3, -0.25) is 9.59 Å². The summed E-state index contributed by atoms with van der Waals surface area (Å²) in [6.07, 6.45) is 4.27. The monoisotopic (exact) mass is 241 g/mol. The Morgan fingerprint density at radius 2 is 2.12 bits per heavy atom. The molecule has 1 fully saturated rings. The fraction of sp³-hybridized carbons (Fsp3) is 0.833.